The number of fused-ring (bicyclic) bond motifs is 1. The van der Waals surface area contributed by atoms with Crippen molar-refractivity contribution in [3.63, 3.8) is 0 Å². The third-order valence-electron chi connectivity index (χ3n) is 12.7. The molecule has 4 aliphatic carbocycles. The molecule has 9 rings (SSSR count). The molecule has 5 aromatic rings. The van der Waals surface area contributed by atoms with Gasteiger partial charge < -0.3 is 9.32 Å². The second-order valence-electron chi connectivity index (χ2n) is 16.2. The minimum Gasteiger partial charge on any atom is -0.456 e. The SMILES string of the molecule is C=C/C=C(\c1oc2c(C3C=CC(C4=CCC(N(C5=CCC(c6ccccc6)C=C5)c5ccc(-c6ccccc6)cc5)C=C4)CC3)cccc2c1C)C1C=CCCC1. The fourth-order valence-electron chi connectivity index (χ4n) is 9.56. The van der Waals surface area contributed by atoms with Gasteiger partial charge in [0.2, 0.25) is 0 Å². The van der Waals surface area contributed by atoms with Crippen LogP contribution in [-0.4, -0.2) is 6.04 Å². The smallest absolute Gasteiger partial charge is 0.138 e. The average Bonchev–Trinajstić information content (AvgIpc) is 3.63. The molecule has 1 heterocycles. The van der Waals surface area contributed by atoms with Gasteiger partial charge in [-0.15, -0.1) is 0 Å². The number of furan rings is 1. The Morgan fingerprint density at radius 2 is 1.47 bits per heavy atom. The lowest BCUT2D eigenvalue weighted by Gasteiger charge is -2.36. The number of para-hydroxylation sites is 1. The predicted molar refractivity (Wildman–Crippen MR) is 241 cm³/mol. The van der Waals surface area contributed by atoms with Crippen molar-refractivity contribution in [3.8, 4) is 11.1 Å². The van der Waals surface area contributed by atoms with E-state index >= 15 is 0 Å². The zero-order valence-corrected chi connectivity index (χ0v) is 33.1. The van der Waals surface area contributed by atoms with Crippen molar-refractivity contribution >= 4 is 22.2 Å². The third kappa shape index (κ3) is 7.66. The minimum absolute atomic E-state index is 0.235. The maximum Gasteiger partial charge on any atom is 0.138 e. The summed E-state index contributed by atoms with van der Waals surface area (Å²) in [6.07, 6.45) is 35.9. The van der Waals surface area contributed by atoms with E-state index in [9.17, 15) is 0 Å². The summed E-state index contributed by atoms with van der Waals surface area (Å²) < 4.78 is 6.85. The van der Waals surface area contributed by atoms with Crippen molar-refractivity contribution in [1.29, 1.82) is 0 Å². The molecular weight excluding hydrogens is 691 g/mol. The second-order valence-corrected chi connectivity index (χ2v) is 16.2. The van der Waals surface area contributed by atoms with Crippen LogP contribution in [-0.2, 0) is 0 Å². The van der Waals surface area contributed by atoms with E-state index in [0.717, 1.165) is 49.9 Å². The minimum atomic E-state index is 0.235. The van der Waals surface area contributed by atoms with Gasteiger partial charge in [-0.05, 0) is 92.3 Å². The van der Waals surface area contributed by atoms with Gasteiger partial charge in [0.25, 0.3) is 0 Å². The van der Waals surface area contributed by atoms with E-state index in [1.54, 1.807) is 0 Å². The van der Waals surface area contributed by atoms with Crippen molar-refractivity contribution in [1.82, 2.24) is 0 Å². The van der Waals surface area contributed by atoms with E-state index in [1.807, 2.05) is 6.08 Å². The Labute approximate surface area is 339 Å². The lowest BCUT2D eigenvalue weighted by atomic mass is 9.79. The largest absolute Gasteiger partial charge is 0.456 e. The first-order chi connectivity index (χ1) is 28.1. The topological polar surface area (TPSA) is 16.4 Å². The number of nitrogens with zero attached hydrogens (tertiary/aromatic N) is 1. The van der Waals surface area contributed by atoms with E-state index in [-0.39, 0.29) is 6.04 Å². The van der Waals surface area contributed by atoms with Crippen LogP contribution in [0.5, 0.6) is 0 Å². The molecule has 0 N–H and O–H groups in total. The highest BCUT2D eigenvalue weighted by Crippen LogP contribution is 2.43. The molecule has 5 atom stereocenters. The van der Waals surface area contributed by atoms with Gasteiger partial charge in [0.05, 0.1) is 6.04 Å². The summed E-state index contributed by atoms with van der Waals surface area (Å²) in [5, 5.41) is 1.23. The number of rotatable bonds is 10. The van der Waals surface area contributed by atoms with Crippen molar-refractivity contribution in [2.75, 3.05) is 4.90 Å². The predicted octanol–water partition coefficient (Wildman–Crippen LogP) is 14.8. The summed E-state index contributed by atoms with van der Waals surface area (Å²) in [4.78, 5) is 2.55. The molecule has 0 amide bonds. The highest BCUT2D eigenvalue weighted by atomic mass is 16.3. The van der Waals surface area contributed by atoms with Crippen molar-refractivity contribution in [2.45, 2.75) is 69.7 Å². The molecule has 0 aliphatic heterocycles. The fourth-order valence-corrected chi connectivity index (χ4v) is 9.56. The fraction of sp³-hybridized carbons (Fsp3) is 0.236. The zero-order valence-electron chi connectivity index (χ0n) is 33.1. The van der Waals surface area contributed by atoms with Gasteiger partial charge in [0, 0.05) is 57.1 Å². The molecule has 0 spiro atoms. The molecule has 5 unspecified atom stereocenters. The Kier molecular flexibility index (Phi) is 10.8. The van der Waals surface area contributed by atoms with E-state index in [1.165, 1.54) is 62.2 Å². The van der Waals surface area contributed by atoms with E-state index in [4.69, 9.17) is 4.42 Å². The van der Waals surface area contributed by atoms with Crippen LogP contribution in [0, 0.1) is 18.8 Å². The normalized spacial score (nSPS) is 23.3. The summed E-state index contributed by atoms with van der Waals surface area (Å²) >= 11 is 0. The molecule has 0 radical (unpaired) electrons. The molecular formula is C55H53NO. The van der Waals surface area contributed by atoms with Crippen LogP contribution < -0.4 is 4.90 Å². The highest BCUT2D eigenvalue weighted by molar-refractivity contribution is 5.89. The molecule has 284 valence electrons. The summed E-state index contributed by atoms with van der Waals surface area (Å²) in [6.45, 7) is 6.27. The van der Waals surface area contributed by atoms with E-state index in [0.29, 0.717) is 23.7 Å². The number of aryl methyl sites for hydroxylation is 1. The standard InChI is InChI=1S/C55H53NO/c1-3-14-52(46-19-11-6-12-20-46)54-39(2)51-21-13-22-53(55(51)57-54)47-25-23-42(24-26-47)45-31-37-50(38-32-45)56(48-33-27-43(28-34-48)40-15-7-4-8-16-40)49-35-29-44(30-36-49)41-17-9-5-10-18-41/h3-5,7-11,13-19,21-23,25,27-29,31-37,42,44,46-47,50H,1,6,12,20,24,26,30,38H2,2H3/b52-14-. The third-order valence-corrected chi connectivity index (χ3v) is 12.7. The Bertz CT molecular complexity index is 2430. The maximum atomic E-state index is 6.85. The van der Waals surface area contributed by atoms with Crippen LogP contribution in [0.3, 0.4) is 0 Å². The first-order valence-corrected chi connectivity index (χ1v) is 21.1. The van der Waals surface area contributed by atoms with Gasteiger partial charge in [-0.1, -0.05) is 164 Å². The van der Waals surface area contributed by atoms with Gasteiger partial charge in [0.1, 0.15) is 11.3 Å². The second kappa shape index (κ2) is 16.7. The van der Waals surface area contributed by atoms with Gasteiger partial charge in [-0.25, -0.2) is 0 Å². The van der Waals surface area contributed by atoms with Crippen LogP contribution in [0.1, 0.15) is 79.2 Å². The maximum absolute atomic E-state index is 6.85. The number of hydrogen-bond donors (Lipinski definition) is 0. The summed E-state index contributed by atoms with van der Waals surface area (Å²) in [5.74, 6) is 2.57. The Hall–Kier alpha value is -5.86. The van der Waals surface area contributed by atoms with Gasteiger partial charge in [0.15, 0.2) is 0 Å². The van der Waals surface area contributed by atoms with E-state index < -0.39 is 0 Å². The molecule has 2 heteroatoms. The van der Waals surface area contributed by atoms with Gasteiger partial charge in [-0.2, -0.15) is 0 Å². The summed E-state index contributed by atoms with van der Waals surface area (Å²) in [7, 11) is 0. The molecule has 1 aromatic heterocycles. The Morgan fingerprint density at radius 1 is 0.702 bits per heavy atom. The summed E-state index contributed by atoms with van der Waals surface area (Å²) in [5.41, 5.74) is 12.6. The van der Waals surface area contributed by atoms with Crippen molar-refractivity contribution in [2.24, 2.45) is 11.8 Å². The van der Waals surface area contributed by atoms with E-state index in [2.05, 4.69) is 188 Å². The highest BCUT2D eigenvalue weighted by Gasteiger charge is 2.28. The number of hydrogen-bond acceptors (Lipinski definition) is 2. The number of benzene rings is 4. The van der Waals surface area contributed by atoms with Crippen molar-refractivity contribution < 1.29 is 4.42 Å². The molecule has 4 aromatic carbocycles. The molecule has 0 saturated carbocycles. The van der Waals surface area contributed by atoms with Crippen LogP contribution >= 0.6 is 0 Å². The first kappa shape index (κ1) is 36.8. The Balaban J connectivity index is 0.936. The number of allylic oxidation sites excluding steroid dienone is 12. The molecule has 57 heavy (non-hydrogen) atoms. The molecule has 4 aliphatic rings. The zero-order chi connectivity index (χ0) is 38.6. The lowest BCUT2D eigenvalue weighted by Crippen LogP contribution is -2.34. The average molecular weight is 744 g/mol. The van der Waals surface area contributed by atoms with Crippen molar-refractivity contribution in [3.05, 3.63) is 216 Å². The molecule has 0 bridgehead atoms. The Morgan fingerprint density at radius 3 is 2.16 bits per heavy atom. The van der Waals surface area contributed by atoms with Crippen LogP contribution in [0.15, 0.2) is 198 Å². The monoisotopic (exact) mass is 743 g/mol. The van der Waals surface area contributed by atoms with Crippen LogP contribution in [0.2, 0.25) is 0 Å². The number of anilines is 1. The quantitative estimate of drug-likeness (QED) is 0.105. The van der Waals surface area contributed by atoms with Crippen LogP contribution in [0.4, 0.5) is 5.69 Å². The molecule has 0 saturated heterocycles. The molecule has 0 fully saturated rings. The summed E-state index contributed by atoms with van der Waals surface area (Å²) in [6, 6.07) is 37.6. The van der Waals surface area contributed by atoms with Crippen LogP contribution in [0.25, 0.3) is 27.7 Å². The van der Waals surface area contributed by atoms with Gasteiger partial charge in [-0.3, -0.25) is 0 Å². The first-order valence-electron chi connectivity index (χ1n) is 21.1. The van der Waals surface area contributed by atoms with Gasteiger partial charge >= 0.3 is 0 Å². The lowest BCUT2D eigenvalue weighted by molar-refractivity contribution is 0.545. The molecule has 2 nitrogen and oxygen atoms in total.